The molecule has 166 valence electrons. The lowest BCUT2D eigenvalue weighted by Gasteiger charge is -2.35. The van der Waals surface area contributed by atoms with E-state index < -0.39 is 0 Å². The van der Waals surface area contributed by atoms with Crippen molar-refractivity contribution in [3.05, 3.63) is 36.3 Å². The van der Waals surface area contributed by atoms with Crippen LogP contribution in [0.4, 0.5) is 11.5 Å². The van der Waals surface area contributed by atoms with Crippen molar-refractivity contribution in [1.82, 2.24) is 25.0 Å². The topological polar surface area (TPSA) is 91.1 Å². The van der Waals surface area contributed by atoms with Gasteiger partial charge in [0.1, 0.15) is 12.4 Å². The second-order valence-corrected chi connectivity index (χ2v) is 7.89. The summed E-state index contributed by atoms with van der Waals surface area (Å²) in [5.74, 6) is 1.72. The highest BCUT2D eigenvalue weighted by molar-refractivity contribution is 5.98. The smallest absolute Gasteiger partial charge is 0.246 e. The van der Waals surface area contributed by atoms with E-state index in [4.69, 9.17) is 4.74 Å². The van der Waals surface area contributed by atoms with Crippen molar-refractivity contribution >= 4 is 23.4 Å². The number of hydrogen-bond acceptors (Lipinski definition) is 6. The molecule has 0 aliphatic carbocycles. The Bertz CT molecular complexity index is 926. The maximum Gasteiger partial charge on any atom is 0.246 e. The Hall–Kier alpha value is -3.14. The molecule has 0 aromatic carbocycles. The number of rotatable bonds is 4. The summed E-state index contributed by atoms with van der Waals surface area (Å²) in [5.41, 5.74) is 1.89. The van der Waals surface area contributed by atoms with E-state index >= 15 is 0 Å². The van der Waals surface area contributed by atoms with Gasteiger partial charge in [-0.05, 0) is 18.6 Å². The molecule has 2 aromatic heterocycles. The number of nitrogens with zero attached hydrogens (tertiary/aromatic N) is 7. The first-order valence-electron chi connectivity index (χ1n) is 10.6. The van der Waals surface area contributed by atoms with Crippen molar-refractivity contribution in [3.8, 4) is 0 Å². The summed E-state index contributed by atoms with van der Waals surface area (Å²) >= 11 is 0. The van der Waals surface area contributed by atoms with Crippen LogP contribution in [0, 0.1) is 0 Å². The van der Waals surface area contributed by atoms with E-state index in [0.29, 0.717) is 25.6 Å². The number of morpholine rings is 1. The molecule has 10 nitrogen and oxygen atoms in total. The minimum Gasteiger partial charge on any atom is -0.375 e. The van der Waals surface area contributed by atoms with Crippen LogP contribution in [0.5, 0.6) is 0 Å². The normalized spacial score (nSPS) is 20.4. The van der Waals surface area contributed by atoms with Crippen LogP contribution in [0.3, 0.4) is 0 Å². The van der Waals surface area contributed by atoms with Crippen LogP contribution in [-0.2, 0) is 23.1 Å². The first-order chi connectivity index (χ1) is 15.0. The van der Waals surface area contributed by atoms with E-state index in [1.165, 1.54) is 0 Å². The van der Waals surface area contributed by atoms with Gasteiger partial charge in [-0.2, -0.15) is 5.10 Å². The first-order valence-corrected chi connectivity index (χ1v) is 10.6. The molecule has 1 atom stereocenters. The second-order valence-electron chi connectivity index (χ2n) is 7.89. The van der Waals surface area contributed by atoms with Crippen LogP contribution in [0.25, 0.3) is 0 Å². The SMILES string of the molecule is CN=C(NCc1ccc(N2CCOC(C)C2)nc1)N1CCN(c2cnn(C)c2)C(=O)C1. The molecule has 31 heavy (non-hydrogen) atoms. The van der Waals surface area contributed by atoms with Gasteiger partial charge in [0.25, 0.3) is 0 Å². The molecular formula is C21H30N8O2. The number of nitrogens with one attached hydrogen (secondary N) is 1. The van der Waals surface area contributed by atoms with Crippen LogP contribution in [-0.4, -0.2) is 84.0 Å². The number of hydrogen-bond donors (Lipinski definition) is 1. The predicted molar refractivity (Wildman–Crippen MR) is 119 cm³/mol. The summed E-state index contributed by atoms with van der Waals surface area (Å²) in [6.07, 6.45) is 5.69. The zero-order valence-electron chi connectivity index (χ0n) is 18.4. The number of aryl methyl sites for hydroxylation is 1. The van der Waals surface area contributed by atoms with E-state index in [2.05, 4.69) is 38.3 Å². The van der Waals surface area contributed by atoms with Crippen LogP contribution in [0.1, 0.15) is 12.5 Å². The number of carbonyl (C=O) groups is 1. The molecule has 1 unspecified atom stereocenters. The van der Waals surface area contributed by atoms with Gasteiger partial charge in [-0.25, -0.2) is 4.98 Å². The summed E-state index contributed by atoms with van der Waals surface area (Å²) in [5, 5.41) is 7.51. The van der Waals surface area contributed by atoms with Gasteiger partial charge in [0, 0.05) is 59.2 Å². The average molecular weight is 427 g/mol. The summed E-state index contributed by atoms with van der Waals surface area (Å²) in [6.45, 7) is 6.70. The van der Waals surface area contributed by atoms with Crippen LogP contribution in [0.15, 0.2) is 35.7 Å². The Morgan fingerprint density at radius 3 is 2.81 bits per heavy atom. The molecule has 1 amide bonds. The Kier molecular flexibility index (Phi) is 6.36. The van der Waals surface area contributed by atoms with E-state index in [-0.39, 0.29) is 18.6 Å². The zero-order chi connectivity index (χ0) is 21.8. The standard InChI is InChI=1S/C21H30N8O2/c1-16-13-27(8-9-31-16)19-5-4-17(10-23-19)11-24-21(22-2)28-6-7-29(20(30)15-28)18-12-25-26(3)14-18/h4-5,10,12,14,16H,6-9,11,13,15H2,1-3H3,(H,22,24). The molecule has 1 N–H and O–H groups in total. The lowest BCUT2D eigenvalue weighted by atomic mass is 10.2. The minimum absolute atomic E-state index is 0.0351. The van der Waals surface area contributed by atoms with Gasteiger partial charge in [-0.1, -0.05) is 6.07 Å². The molecule has 0 radical (unpaired) electrons. The highest BCUT2D eigenvalue weighted by Gasteiger charge is 2.27. The number of aliphatic imine (C=N–C) groups is 1. The number of pyridine rings is 1. The van der Waals surface area contributed by atoms with Crippen molar-refractivity contribution in [2.75, 3.05) is 56.2 Å². The monoisotopic (exact) mass is 426 g/mol. The van der Waals surface area contributed by atoms with Gasteiger partial charge in [-0.3, -0.25) is 14.5 Å². The van der Waals surface area contributed by atoms with Crippen molar-refractivity contribution < 1.29 is 9.53 Å². The van der Waals surface area contributed by atoms with Gasteiger partial charge >= 0.3 is 0 Å². The number of carbonyl (C=O) groups excluding carboxylic acids is 1. The number of guanidine groups is 1. The van der Waals surface area contributed by atoms with E-state index in [0.717, 1.165) is 36.8 Å². The Balaban J connectivity index is 1.31. The quantitative estimate of drug-likeness (QED) is 0.561. The van der Waals surface area contributed by atoms with Gasteiger partial charge in [0.2, 0.25) is 5.91 Å². The summed E-state index contributed by atoms with van der Waals surface area (Å²) < 4.78 is 7.30. The lowest BCUT2D eigenvalue weighted by molar-refractivity contribution is -0.120. The number of amides is 1. The molecule has 2 fully saturated rings. The van der Waals surface area contributed by atoms with Crippen molar-refractivity contribution in [2.45, 2.75) is 19.6 Å². The number of anilines is 2. The third kappa shape index (κ3) is 4.96. The number of aromatic nitrogens is 3. The molecule has 2 aromatic rings. The van der Waals surface area contributed by atoms with Crippen LogP contribution in [0.2, 0.25) is 0 Å². The largest absolute Gasteiger partial charge is 0.375 e. The predicted octanol–water partition coefficient (Wildman–Crippen LogP) is 0.464. The Labute approximate surface area is 182 Å². The lowest BCUT2D eigenvalue weighted by Crippen LogP contribution is -2.55. The van der Waals surface area contributed by atoms with Gasteiger partial charge in [-0.15, -0.1) is 0 Å². The summed E-state index contributed by atoms with van der Waals surface area (Å²) in [4.78, 5) is 27.6. The Morgan fingerprint density at radius 1 is 1.29 bits per heavy atom. The summed E-state index contributed by atoms with van der Waals surface area (Å²) in [6, 6.07) is 4.13. The molecular weight excluding hydrogens is 396 g/mol. The molecule has 2 aliphatic heterocycles. The fourth-order valence-electron chi connectivity index (χ4n) is 3.92. The highest BCUT2D eigenvalue weighted by atomic mass is 16.5. The molecule has 2 aliphatic rings. The van der Waals surface area contributed by atoms with Crippen molar-refractivity contribution in [1.29, 1.82) is 0 Å². The maximum atomic E-state index is 12.7. The molecule has 2 saturated heterocycles. The second kappa shape index (κ2) is 9.34. The molecule has 0 saturated carbocycles. The van der Waals surface area contributed by atoms with Crippen molar-refractivity contribution in [2.24, 2.45) is 12.0 Å². The van der Waals surface area contributed by atoms with Crippen molar-refractivity contribution in [3.63, 3.8) is 0 Å². The van der Waals surface area contributed by atoms with Gasteiger partial charge < -0.3 is 24.8 Å². The van der Waals surface area contributed by atoms with Gasteiger partial charge in [0.05, 0.1) is 24.6 Å². The highest BCUT2D eigenvalue weighted by Crippen LogP contribution is 2.17. The molecule has 10 heteroatoms. The molecule has 0 spiro atoms. The van der Waals surface area contributed by atoms with E-state index in [1.54, 1.807) is 22.8 Å². The fourth-order valence-corrected chi connectivity index (χ4v) is 3.92. The number of ether oxygens (including phenoxy) is 1. The average Bonchev–Trinajstić information content (AvgIpc) is 3.20. The van der Waals surface area contributed by atoms with E-state index in [1.807, 2.05) is 30.4 Å². The van der Waals surface area contributed by atoms with Crippen LogP contribution < -0.4 is 15.1 Å². The van der Waals surface area contributed by atoms with Crippen LogP contribution >= 0.6 is 0 Å². The van der Waals surface area contributed by atoms with Gasteiger partial charge in [0.15, 0.2) is 5.96 Å². The Morgan fingerprint density at radius 2 is 2.16 bits per heavy atom. The summed E-state index contributed by atoms with van der Waals surface area (Å²) in [7, 11) is 3.58. The fraction of sp³-hybridized carbons (Fsp3) is 0.524. The third-order valence-corrected chi connectivity index (χ3v) is 5.56. The third-order valence-electron chi connectivity index (χ3n) is 5.56. The molecule has 0 bridgehead atoms. The van der Waals surface area contributed by atoms with E-state index in [9.17, 15) is 4.79 Å². The zero-order valence-corrected chi connectivity index (χ0v) is 18.4. The molecule has 4 rings (SSSR count). The minimum atomic E-state index is 0.0351. The molecule has 4 heterocycles. The number of piperazine rings is 1. The maximum absolute atomic E-state index is 12.7. The first kappa shape index (κ1) is 21.1.